The van der Waals surface area contributed by atoms with Crippen LogP contribution in [-0.2, 0) is 0 Å². The van der Waals surface area contributed by atoms with Crippen molar-refractivity contribution in [2.45, 2.75) is 0 Å². The molecule has 0 aliphatic rings. The highest BCUT2D eigenvalue weighted by atomic mass is 16.3. The molecule has 23 heavy (non-hydrogen) atoms. The van der Waals surface area contributed by atoms with E-state index in [2.05, 4.69) is 9.97 Å². The largest absolute Gasteiger partial charge is 0.508 e. The van der Waals surface area contributed by atoms with E-state index in [4.69, 9.17) is 5.73 Å². The number of phenols is 2. The first-order valence-electron chi connectivity index (χ1n) is 6.73. The zero-order valence-corrected chi connectivity index (χ0v) is 11.9. The lowest BCUT2D eigenvalue weighted by atomic mass is 9.98. The molecule has 0 bridgehead atoms. The van der Waals surface area contributed by atoms with Gasteiger partial charge >= 0.3 is 0 Å². The molecule has 0 aliphatic carbocycles. The van der Waals surface area contributed by atoms with Gasteiger partial charge in [0, 0.05) is 35.2 Å². The number of nitrogen functional groups attached to an aromatic ring is 1. The molecule has 3 aromatic rings. The average molecular weight is 304 g/mol. The fourth-order valence-corrected chi connectivity index (χ4v) is 2.31. The fraction of sp³-hybridized carbons (Fsp3) is 0. The predicted octanol–water partition coefficient (Wildman–Crippen LogP) is 2.68. The fourth-order valence-electron chi connectivity index (χ4n) is 2.31. The first kappa shape index (κ1) is 14.4. The van der Waals surface area contributed by atoms with Crippen LogP contribution in [0.4, 0.5) is 5.82 Å². The van der Waals surface area contributed by atoms with Crippen LogP contribution >= 0.6 is 0 Å². The Labute approximate surface area is 132 Å². The lowest BCUT2D eigenvalue weighted by molar-refractivity contribution is 0.452. The topological polar surface area (TPSA) is 116 Å². The van der Waals surface area contributed by atoms with Gasteiger partial charge in [-0.05, 0) is 30.3 Å². The summed E-state index contributed by atoms with van der Waals surface area (Å²) in [5.41, 5.74) is 8.27. The van der Waals surface area contributed by atoms with Crippen LogP contribution in [0.25, 0.3) is 22.4 Å². The van der Waals surface area contributed by atoms with E-state index in [1.807, 2.05) is 6.07 Å². The molecule has 6 nitrogen and oxygen atoms in total. The van der Waals surface area contributed by atoms with Gasteiger partial charge in [-0.3, -0.25) is 4.98 Å². The van der Waals surface area contributed by atoms with Crippen LogP contribution in [0.15, 0.2) is 48.8 Å². The zero-order valence-electron chi connectivity index (χ0n) is 11.9. The van der Waals surface area contributed by atoms with Crippen molar-refractivity contribution >= 4 is 5.82 Å². The number of nitrogens with two attached hydrogens (primary N) is 1. The van der Waals surface area contributed by atoms with Crippen molar-refractivity contribution in [1.29, 1.82) is 5.26 Å². The van der Waals surface area contributed by atoms with E-state index in [1.165, 1.54) is 18.2 Å². The third kappa shape index (κ3) is 2.63. The molecule has 3 rings (SSSR count). The predicted molar refractivity (Wildman–Crippen MR) is 85.4 cm³/mol. The van der Waals surface area contributed by atoms with Gasteiger partial charge in [-0.25, -0.2) is 4.98 Å². The normalized spacial score (nSPS) is 10.2. The molecule has 0 saturated carbocycles. The maximum atomic E-state index is 10.1. The maximum Gasteiger partial charge on any atom is 0.142 e. The molecule has 2 heterocycles. The molecule has 0 saturated heterocycles. The number of anilines is 1. The second-order valence-corrected chi connectivity index (χ2v) is 4.86. The van der Waals surface area contributed by atoms with Gasteiger partial charge in [0.15, 0.2) is 0 Å². The van der Waals surface area contributed by atoms with E-state index in [-0.39, 0.29) is 22.9 Å². The van der Waals surface area contributed by atoms with E-state index in [0.29, 0.717) is 16.8 Å². The van der Waals surface area contributed by atoms with Gasteiger partial charge in [-0.15, -0.1) is 0 Å². The first-order valence-corrected chi connectivity index (χ1v) is 6.73. The molecule has 112 valence electrons. The Kier molecular flexibility index (Phi) is 3.53. The van der Waals surface area contributed by atoms with Crippen molar-refractivity contribution < 1.29 is 10.2 Å². The minimum atomic E-state index is -0.146. The van der Waals surface area contributed by atoms with E-state index in [0.717, 1.165) is 5.56 Å². The molecule has 0 fully saturated rings. The van der Waals surface area contributed by atoms with E-state index in [1.54, 1.807) is 30.6 Å². The minimum Gasteiger partial charge on any atom is -0.508 e. The maximum absolute atomic E-state index is 10.1. The highest BCUT2D eigenvalue weighted by molar-refractivity contribution is 5.83. The third-order valence-corrected chi connectivity index (χ3v) is 3.41. The summed E-state index contributed by atoms with van der Waals surface area (Å²) in [6.07, 6.45) is 3.26. The van der Waals surface area contributed by atoms with Gasteiger partial charge in [-0.1, -0.05) is 0 Å². The van der Waals surface area contributed by atoms with Crippen molar-refractivity contribution in [2.24, 2.45) is 0 Å². The van der Waals surface area contributed by atoms with Gasteiger partial charge in [0.1, 0.15) is 28.9 Å². The lowest BCUT2D eigenvalue weighted by Crippen LogP contribution is -2.00. The summed E-state index contributed by atoms with van der Waals surface area (Å²) in [5, 5.41) is 28.9. The summed E-state index contributed by atoms with van der Waals surface area (Å²) in [6.45, 7) is 0. The zero-order chi connectivity index (χ0) is 16.4. The minimum absolute atomic E-state index is 0.0684. The number of hydrogen-bond donors (Lipinski definition) is 3. The van der Waals surface area contributed by atoms with Crippen molar-refractivity contribution in [3.8, 4) is 40.0 Å². The van der Waals surface area contributed by atoms with Crippen LogP contribution < -0.4 is 5.73 Å². The van der Waals surface area contributed by atoms with Crippen LogP contribution in [0.2, 0.25) is 0 Å². The van der Waals surface area contributed by atoms with Gasteiger partial charge in [0.25, 0.3) is 0 Å². The van der Waals surface area contributed by atoms with Crippen LogP contribution in [0.1, 0.15) is 5.56 Å². The SMILES string of the molecule is N#Cc1c(-c2ccc(O)cc2O)cc(-c2ccncc2)nc1N. The number of nitriles is 1. The number of benzene rings is 1. The summed E-state index contributed by atoms with van der Waals surface area (Å²) >= 11 is 0. The molecule has 0 unspecified atom stereocenters. The molecule has 0 amide bonds. The molecular formula is C17H12N4O2. The third-order valence-electron chi connectivity index (χ3n) is 3.41. The van der Waals surface area contributed by atoms with Crippen molar-refractivity contribution in [3.63, 3.8) is 0 Å². The smallest absolute Gasteiger partial charge is 0.142 e. The summed E-state index contributed by atoms with van der Waals surface area (Å²) in [6, 6.07) is 11.4. The number of phenolic OH excluding ortho intramolecular Hbond substituents is 2. The molecular weight excluding hydrogens is 292 g/mol. The van der Waals surface area contributed by atoms with E-state index < -0.39 is 0 Å². The molecule has 2 aromatic heterocycles. The average Bonchev–Trinajstić information content (AvgIpc) is 2.55. The molecule has 0 aliphatic heterocycles. The monoisotopic (exact) mass is 304 g/mol. The van der Waals surface area contributed by atoms with Crippen LogP contribution in [0, 0.1) is 11.3 Å². The van der Waals surface area contributed by atoms with Crippen molar-refractivity contribution in [2.75, 3.05) is 5.73 Å². The Morgan fingerprint density at radius 3 is 2.39 bits per heavy atom. The number of hydrogen-bond acceptors (Lipinski definition) is 6. The standard InChI is InChI=1S/C17H12N4O2/c18-9-14-13(12-2-1-11(22)7-16(12)23)8-15(21-17(14)19)10-3-5-20-6-4-10/h1-8,22-23H,(H2,19,21). The first-order chi connectivity index (χ1) is 11.1. The number of rotatable bonds is 2. The van der Waals surface area contributed by atoms with Crippen LogP contribution in [0.5, 0.6) is 11.5 Å². The van der Waals surface area contributed by atoms with E-state index in [9.17, 15) is 15.5 Å². The molecule has 4 N–H and O–H groups in total. The Morgan fingerprint density at radius 1 is 1.00 bits per heavy atom. The van der Waals surface area contributed by atoms with E-state index >= 15 is 0 Å². The molecule has 0 atom stereocenters. The molecule has 0 spiro atoms. The highest BCUT2D eigenvalue weighted by Gasteiger charge is 2.16. The molecule has 1 aromatic carbocycles. The quantitative estimate of drug-likeness (QED) is 0.670. The summed E-state index contributed by atoms with van der Waals surface area (Å²) in [7, 11) is 0. The van der Waals surface area contributed by atoms with Crippen molar-refractivity contribution in [1.82, 2.24) is 9.97 Å². The second kappa shape index (κ2) is 5.66. The highest BCUT2D eigenvalue weighted by Crippen LogP contribution is 2.37. The van der Waals surface area contributed by atoms with Crippen LogP contribution in [-0.4, -0.2) is 20.2 Å². The Morgan fingerprint density at radius 2 is 1.74 bits per heavy atom. The Hall–Kier alpha value is -3.59. The lowest BCUT2D eigenvalue weighted by Gasteiger charge is -2.11. The number of nitrogens with zero attached hydrogens (tertiary/aromatic N) is 3. The van der Waals surface area contributed by atoms with Gasteiger partial charge in [-0.2, -0.15) is 5.26 Å². The van der Waals surface area contributed by atoms with Gasteiger partial charge in [0.05, 0.1) is 5.69 Å². The van der Waals surface area contributed by atoms with Crippen LogP contribution in [0.3, 0.4) is 0 Å². The second-order valence-electron chi connectivity index (χ2n) is 4.86. The summed E-state index contributed by atoms with van der Waals surface area (Å²) < 4.78 is 0. The van der Waals surface area contributed by atoms with Gasteiger partial charge < -0.3 is 15.9 Å². The Balaban J connectivity index is 2.27. The molecule has 0 radical (unpaired) electrons. The number of pyridine rings is 2. The van der Waals surface area contributed by atoms with Crippen molar-refractivity contribution in [3.05, 3.63) is 54.4 Å². The Bertz CT molecular complexity index is 918. The summed E-state index contributed by atoms with van der Waals surface area (Å²) in [4.78, 5) is 8.20. The number of aromatic nitrogens is 2. The van der Waals surface area contributed by atoms with Gasteiger partial charge in [0.2, 0.25) is 0 Å². The number of aromatic hydroxyl groups is 2. The molecule has 6 heteroatoms. The summed E-state index contributed by atoms with van der Waals surface area (Å²) in [5.74, 6) is -0.141.